The summed E-state index contributed by atoms with van der Waals surface area (Å²) in [5, 5.41) is 5.41. The number of hydrogen-bond donors (Lipinski definition) is 0. The van der Waals surface area contributed by atoms with E-state index in [0.29, 0.717) is 0 Å². The van der Waals surface area contributed by atoms with Crippen LogP contribution in [-0.4, -0.2) is 44.8 Å². The molecule has 1 unspecified atom stereocenters. The molecular formula is C14H24BrN3O. The molecule has 0 amide bonds. The third-order valence-corrected chi connectivity index (χ3v) is 4.22. The van der Waals surface area contributed by atoms with Crippen LogP contribution in [-0.2, 0) is 24.8 Å². The van der Waals surface area contributed by atoms with Crippen molar-refractivity contribution in [3.63, 3.8) is 0 Å². The van der Waals surface area contributed by atoms with Crippen LogP contribution in [0.1, 0.15) is 32.2 Å². The maximum absolute atomic E-state index is 6.04. The SMILES string of the molecule is CCc1cc(CN2CC(CBr)OC(C)(C)C2)n(C)n1. The number of ether oxygens (including phenoxy) is 1. The van der Waals surface area contributed by atoms with Gasteiger partial charge in [-0.3, -0.25) is 9.58 Å². The van der Waals surface area contributed by atoms with Crippen molar-refractivity contribution in [3.05, 3.63) is 17.5 Å². The predicted octanol–water partition coefficient (Wildman–Crippen LogP) is 2.36. The molecule has 1 fully saturated rings. The molecule has 0 spiro atoms. The van der Waals surface area contributed by atoms with Crippen molar-refractivity contribution < 1.29 is 4.74 Å². The number of morpholine rings is 1. The first kappa shape index (κ1) is 15.0. The molecule has 0 N–H and O–H groups in total. The fourth-order valence-corrected chi connectivity index (χ4v) is 3.08. The van der Waals surface area contributed by atoms with Crippen LogP contribution in [0.4, 0.5) is 0 Å². The van der Waals surface area contributed by atoms with Gasteiger partial charge in [-0.1, -0.05) is 22.9 Å². The minimum atomic E-state index is -0.0805. The van der Waals surface area contributed by atoms with Gasteiger partial charge in [0.05, 0.1) is 23.1 Å². The molecule has 108 valence electrons. The Labute approximate surface area is 124 Å². The van der Waals surface area contributed by atoms with Crippen molar-refractivity contribution in [2.24, 2.45) is 7.05 Å². The molecule has 19 heavy (non-hydrogen) atoms. The third kappa shape index (κ3) is 3.80. The van der Waals surface area contributed by atoms with Crippen LogP contribution in [0.15, 0.2) is 6.07 Å². The van der Waals surface area contributed by atoms with Crippen LogP contribution in [0.2, 0.25) is 0 Å². The van der Waals surface area contributed by atoms with Crippen molar-refractivity contribution >= 4 is 15.9 Å². The molecule has 1 aromatic heterocycles. The van der Waals surface area contributed by atoms with E-state index in [1.807, 2.05) is 11.7 Å². The molecule has 0 saturated carbocycles. The van der Waals surface area contributed by atoms with Gasteiger partial charge in [-0.2, -0.15) is 5.10 Å². The van der Waals surface area contributed by atoms with E-state index in [4.69, 9.17) is 4.74 Å². The Morgan fingerprint density at radius 3 is 2.84 bits per heavy atom. The minimum Gasteiger partial charge on any atom is -0.369 e. The molecular weight excluding hydrogens is 306 g/mol. The molecule has 0 radical (unpaired) electrons. The lowest BCUT2D eigenvalue weighted by Crippen LogP contribution is -2.52. The normalized spacial score (nSPS) is 23.7. The first-order chi connectivity index (χ1) is 8.93. The molecule has 1 aliphatic rings. The summed E-state index contributed by atoms with van der Waals surface area (Å²) in [6.07, 6.45) is 1.26. The lowest BCUT2D eigenvalue weighted by molar-refractivity contribution is -0.128. The second kappa shape index (κ2) is 5.94. The highest BCUT2D eigenvalue weighted by atomic mass is 79.9. The van der Waals surface area contributed by atoms with Gasteiger partial charge in [0.25, 0.3) is 0 Å². The topological polar surface area (TPSA) is 30.3 Å². The number of aromatic nitrogens is 2. The van der Waals surface area contributed by atoms with Gasteiger partial charge in [0.2, 0.25) is 0 Å². The summed E-state index contributed by atoms with van der Waals surface area (Å²) < 4.78 is 8.04. The number of nitrogens with zero attached hydrogens (tertiary/aromatic N) is 3. The lowest BCUT2D eigenvalue weighted by Gasteiger charge is -2.42. The smallest absolute Gasteiger partial charge is 0.0806 e. The van der Waals surface area contributed by atoms with E-state index in [-0.39, 0.29) is 11.7 Å². The van der Waals surface area contributed by atoms with Gasteiger partial charge >= 0.3 is 0 Å². The van der Waals surface area contributed by atoms with Gasteiger partial charge in [-0.05, 0) is 26.3 Å². The minimum absolute atomic E-state index is 0.0805. The first-order valence-corrected chi connectivity index (χ1v) is 8.03. The Morgan fingerprint density at radius 2 is 2.26 bits per heavy atom. The second-order valence-corrected chi connectivity index (χ2v) is 6.58. The largest absolute Gasteiger partial charge is 0.369 e. The molecule has 0 aliphatic carbocycles. The Balaban J connectivity index is 2.06. The zero-order valence-corrected chi connectivity index (χ0v) is 13.9. The van der Waals surface area contributed by atoms with Gasteiger partial charge in [0.15, 0.2) is 0 Å². The molecule has 1 aromatic rings. The average Bonchev–Trinajstić information content (AvgIpc) is 2.68. The van der Waals surface area contributed by atoms with E-state index in [2.05, 4.69) is 52.8 Å². The van der Waals surface area contributed by atoms with E-state index in [9.17, 15) is 0 Å². The number of halogens is 1. The fourth-order valence-electron chi connectivity index (χ4n) is 2.74. The maximum Gasteiger partial charge on any atom is 0.0806 e. The zero-order valence-electron chi connectivity index (χ0n) is 12.3. The Morgan fingerprint density at radius 1 is 1.53 bits per heavy atom. The summed E-state index contributed by atoms with van der Waals surface area (Å²) in [5.41, 5.74) is 2.37. The summed E-state index contributed by atoms with van der Waals surface area (Å²) in [6.45, 7) is 9.35. The van der Waals surface area contributed by atoms with Crippen LogP contribution in [0.5, 0.6) is 0 Å². The van der Waals surface area contributed by atoms with E-state index >= 15 is 0 Å². The van der Waals surface area contributed by atoms with Crippen molar-refractivity contribution in [3.8, 4) is 0 Å². The van der Waals surface area contributed by atoms with Crippen LogP contribution in [0.25, 0.3) is 0 Å². The lowest BCUT2D eigenvalue weighted by atomic mass is 10.1. The van der Waals surface area contributed by atoms with Crippen molar-refractivity contribution in [2.45, 2.75) is 45.4 Å². The number of rotatable bonds is 4. The summed E-state index contributed by atoms with van der Waals surface area (Å²) in [5.74, 6) is 0. The molecule has 4 nitrogen and oxygen atoms in total. The fraction of sp³-hybridized carbons (Fsp3) is 0.786. The van der Waals surface area contributed by atoms with Gasteiger partial charge in [0.1, 0.15) is 0 Å². The van der Waals surface area contributed by atoms with Crippen molar-refractivity contribution in [1.82, 2.24) is 14.7 Å². The number of alkyl halides is 1. The zero-order chi connectivity index (χ0) is 14.0. The summed E-state index contributed by atoms with van der Waals surface area (Å²) >= 11 is 3.54. The standard InChI is InChI=1S/C14H24BrN3O/c1-5-11-6-12(17(4)16-11)8-18-9-13(7-15)19-14(2,3)10-18/h6,13H,5,7-10H2,1-4H3. The summed E-state index contributed by atoms with van der Waals surface area (Å²) in [4.78, 5) is 2.46. The van der Waals surface area contributed by atoms with Crippen LogP contribution in [0.3, 0.4) is 0 Å². The van der Waals surface area contributed by atoms with E-state index in [0.717, 1.165) is 31.4 Å². The highest BCUT2D eigenvalue weighted by molar-refractivity contribution is 9.09. The number of aryl methyl sites for hydroxylation is 2. The molecule has 5 heteroatoms. The van der Waals surface area contributed by atoms with Crippen LogP contribution < -0.4 is 0 Å². The summed E-state index contributed by atoms with van der Waals surface area (Å²) in [7, 11) is 2.03. The van der Waals surface area contributed by atoms with Gasteiger partial charge < -0.3 is 4.74 Å². The molecule has 2 heterocycles. The molecule has 0 bridgehead atoms. The predicted molar refractivity (Wildman–Crippen MR) is 80.6 cm³/mol. The van der Waals surface area contributed by atoms with Crippen molar-refractivity contribution in [1.29, 1.82) is 0 Å². The highest BCUT2D eigenvalue weighted by Crippen LogP contribution is 2.23. The van der Waals surface area contributed by atoms with E-state index < -0.39 is 0 Å². The Hall–Kier alpha value is -0.390. The van der Waals surface area contributed by atoms with Gasteiger partial charge in [0, 0.05) is 32.0 Å². The van der Waals surface area contributed by atoms with E-state index in [1.54, 1.807) is 0 Å². The monoisotopic (exact) mass is 329 g/mol. The summed E-state index contributed by atoms with van der Waals surface area (Å²) in [6, 6.07) is 2.21. The van der Waals surface area contributed by atoms with Gasteiger partial charge in [-0.25, -0.2) is 0 Å². The molecule has 1 aliphatic heterocycles. The second-order valence-electron chi connectivity index (χ2n) is 5.93. The van der Waals surface area contributed by atoms with Crippen LogP contribution >= 0.6 is 15.9 Å². The molecule has 2 rings (SSSR count). The highest BCUT2D eigenvalue weighted by Gasteiger charge is 2.33. The molecule has 0 aromatic carbocycles. The molecule has 1 atom stereocenters. The Kier molecular flexibility index (Phi) is 4.69. The molecule has 1 saturated heterocycles. The van der Waals surface area contributed by atoms with Crippen molar-refractivity contribution in [2.75, 3.05) is 18.4 Å². The van der Waals surface area contributed by atoms with Gasteiger partial charge in [-0.15, -0.1) is 0 Å². The number of hydrogen-bond acceptors (Lipinski definition) is 3. The average molecular weight is 330 g/mol. The van der Waals surface area contributed by atoms with E-state index in [1.165, 1.54) is 11.4 Å². The Bertz CT molecular complexity index is 430. The quantitative estimate of drug-likeness (QED) is 0.794. The first-order valence-electron chi connectivity index (χ1n) is 6.91. The third-order valence-electron chi connectivity index (χ3n) is 3.50. The maximum atomic E-state index is 6.04. The van der Waals surface area contributed by atoms with Crippen LogP contribution in [0, 0.1) is 0 Å².